The summed E-state index contributed by atoms with van der Waals surface area (Å²) in [6, 6.07) is 11.4. The van der Waals surface area contributed by atoms with E-state index in [9.17, 15) is 26.8 Å². The van der Waals surface area contributed by atoms with Crippen LogP contribution in [0, 0.1) is 0 Å². The van der Waals surface area contributed by atoms with Gasteiger partial charge in [0.05, 0.1) is 17.4 Å². The average Bonchev–Trinajstić information content (AvgIpc) is 2.68. The lowest BCUT2D eigenvalue weighted by Gasteiger charge is -2.32. The summed E-state index contributed by atoms with van der Waals surface area (Å²) in [4.78, 5) is 25.5. The highest BCUT2D eigenvalue weighted by Crippen LogP contribution is 2.33. The summed E-state index contributed by atoms with van der Waals surface area (Å²) in [5.74, 6) is -4.13. The Labute approximate surface area is 166 Å². The molecule has 0 bridgehead atoms. The van der Waals surface area contributed by atoms with Crippen LogP contribution < -0.4 is 5.32 Å². The highest BCUT2D eigenvalue weighted by molar-refractivity contribution is 7.91. The van der Waals surface area contributed by atoms with Crippen molar-refractivity contribution < 1.29 is 26.8 Å². The van der Waals surface area contributed by atoms with E-state index in [1.807, 2.05) is 24.3 Å². The predicted molar refractivity (Wildman–Crippen MR) is 104 cm³/mol. The van der Waals surface area contributed by atoms with Crippen molar-refractivity contribution in [3.63, 3.8) is 0 Å². The molecule has 2 aromatic rings. The van der Waals surface area contributed by atoms with E-state index in [4.69, 9.17) is 0 Å². The third-order valence-corrected chi connectivity index (χ3v) is 5.95. The van der Waals surface area contributed by atoms with Crippen LogP contribution in [0.25, 0.3) is 6.08 Å². The largest absolute Gasteiger partial charge is 0.341 e. The van der Waals surface area contributed by atoms with Gasteiger partial charge in [-0.15, -0.1) is 0 Å². The molecule has 29 heavy (non-hydrogen) atoms. The molecule has 2 aromatic carbocycles. The van der Waals surface area contributed by atoms with Gasteiger partial charge in [0.1, 0.15) is 0 Å². The molecule has 1 aliphatic heterocycles. The second-order valence-electron chi connectivity index (χ2n) is 6.47. The number of anilines is 1. The zero-order valence-corrected chi connectivity index (χ0v) is 16.2. The first-order chi connectivity index (χ1) is 13.7. The molecule has 0 aliphatic carbocycles. The minimum atomic E-state index is -4.69. The summed E-state index contributed by atoms with van der Waals surface area (Å²) < 4.78 is 48.1. The molecule has 0 saturated carbocycles. The van der Waals surface area contributed by atoms with E-state index in [0.29, 0.717) is 0 Å². The Morgan fingerprint density at radius 3 is 2.38 bits per heavy atom. The van der Waals surface area contributed by atoms with E-state index in [2.05, 4.69) is 5.32 Å². The van der Waals surface area contributed by atoms with Crippen molar-refractivity contribution in [2.75, 3.05) is 5.32 Å². The topological polar surface area (TPSA) is 83.6 Å². The Morgan fingerprint density at radius 1 is 1.10 bits per heavy atom. The van der Waals surface area contributed by atoms with Crippen LogP contribution in [0.2, 0.25) is 0 Å². The van der Waals surface area contributed by atoms with E-state index in [0.717, 1.165) is 23.3 Å². The van der Waals surface area contributed by atoms with E-state index in [-0.39, 0.29) is 18.0 Å². The molecule has 3 rings (SSSR count). The summed E-state index contributed by atoms with van der Waals surface area (Å²) >= 11 is 0. The second kappa shape index (κ2) is 8.12. The third kappa shape index (κ3) is 4.34. The van der Waals surface area contributed by atoms with Crippen molar-refractivity contribution in [3.05, 3.63) is 65.9 Å². The van der Waals surface area contributed by atoms with Gasteiger partial charge in [0.15, 0.2) is 0 Å². The van der Waals surface area contributed by atoms with Crippen molar-refractivity contribution in [1.29, 1.82) is 0 Å². The lowest BCUT2D eigenvalue weighted by atomic mass is 9.93. The van der Waals surface area contributed by atoms with E-state index < -0.39 is 32.4 Å². The smallest absolute Gasteiger partial charge is 0.326 e. The van der Waals surface area contributed by atoms with Crippen molar-refractivity contribution in [3.8, 4) is 0 Å². The van der Waals surface area contributed by atoms with Gasteiger partial charge in [-0.2, -0.15) is 8.78 Å². The minimum absolute atomic E-state index is 0.0297. The van der Waals surface area contributed by atoms with Gasteiger partial charge in [-0.1, -0.05) is 24.3 Å². The molecule has 1 N–H and O–H groups in total. The summed E-state index contributed by atoms with van der Waals surface area (Å²) in [7, 11) is -4.69. The number of sulfone groups is 1. The first kappa shape index (κ1) is 20.7. The number of nitrogens with one attached hydrogen (secondary N) is 1. The first-order valence-electron chi connectivity index (χ1n) is 8.68. The third-order valence-electron chi connectivity index (χ3n) is 4.55. The van der Waals surface area contributed by atoms with Crippen LogP contribution in [0.1, 0.15) is 30.5 Å². The summed E-state index contributed by atoms with van der Waals surface area (Å²) in [6.07, 6.45) is 3.40. The minimum Gasteiger partial charge on any atom is -0.326 e. The van der Waals surface area contributed by atoms with Crippen molar-refractivity contribution in [1.82, 2.24) is 4.90 Å². The predicted octanol–water partition coefficient (Wildman–Crippen LogP) is 3.59. The van der Waals surface area contributed by atoms with Gasteiger partial charge in [0.2, 0.25) is 21.7 Å². The van der Waals surface area contributed by atoms with Crippen molar-refractivity contribution in [2.24, 2.45) is 0 Å². The number of hydrogen-bond acceptors (Lipinski definition) is 4. The Balaban J connectivity index is 1.76. The number of halogens is 2. The van der Waals surface area contributed by atoms with Gasteiger partial charge >= 0.3 is 5.76 Å². The molecular weight excluding hydrogens is 402 g/mol. The molecule has 0 radical (unpaired) electrons. The highest BCUT2D eigenvalue weighted by Gasteiger charge is 2.29. The van der Waals surface area contributed by atoms with E-state index >= 15 is 0 Å². The molecule has 1 heterocycles. The summed E-state index contributed by atoms with van der Waals surface area (Å²) in [5.41, 5.74) is 2.00. The fraction of sp³-hybridized carbons (Fsp3) is 0.200. The SMILES string of the molecule is CC(=O)N1C=Cc2ccccc2[C@H]1CC(=O)Nc1ccc(S(=O)(=O)C(F)F)cc1. The Morgan fingerprint density at radius 2 is 1.76 bits per heavy atom. The molecule has 0 fully saturated rings. The Kier molecular flexibility index (Phi) is 5.78. The number of hydrogen-bond donors (Lipinski definition) is 1. The lowest BCUT2D eigenvalue weighted by molar-refractivity contribution is -0.129. The Bertz CT molecular complexity index is 1070. The number of rotatable bonds is 5. The molecule has 0 saturated heterocycles. The second-order valence-corrected chi connectivity index (χ2v) is 8.39. The first-order valence-corrected chi connectivity index (χ1v) is 10.2. The maximum absolute atomic E-state index is 12.6. The highest BCUT2D eigenvalue weighted by atomic mass is 32.2. The molecular formula is C20H18F2N2O4S. The van der Waals surface area contributed by atoms with Crippen LogP contribution in [0.15, 0.2) is 59.6 Å². The lowest BCUT2D eigenvalue weighted by Crippen LogP contribution is -2.33. The van der Waals surface area contributed by atoms with E-state index in [1.165, 1.54) is 24.0 Å². The normalized spacial score (nSPS) is 15.9. The number of alkyl halides is 2. The summed E-state index contributed by atoms with van der Waals surface area (Å²) in [5, 5.41) is 2.60. The molecule has 0 spiro atoms. The van der Waals surface area contributed by atoms with Crippen LogP contribution in [-0.4, -0.2) is 30.9 Å². The molecule has 2 amide bonds. The van der Waals surface area contributed by atoms with Crippen LogP contribution in [-0.2, 0) is 19.4 Å². The molecule has 9 heteroatoms. The van der Waals surface area contributed by atoms with Crippen molar-refractivity contribution >= 4 is 33.4 Å². The van der Waals surface area contributed by atoms with Crippen LogP contribution in [0.5, 0.6) is 0 Å². The fourth-order valence-corrected chi connectivity index (χ4v) is 3.85. The van der Waals surface area contributed by atoms with Gasteiger partial charge in [-0.25, -0.2) is 8.42 Å². The maximum atomic E-state index is 12.6. The Hall–Kier alpha value is -3.07. The molecule has 1 atom stereocenters. The van der Waals surface area contributed by atoms with Gasteiger partial charge in [-0.05, 0) is 41.5 Å². The molecule has 6 nitrogen and oxygen atoms in total. The molecule has 0 aromatic heterocycles. The van der Waals surface area contributed by atoms with Gasteiger partial charge in [0.25, 0.3) is 0 Å². The maximum Gasteiger partial charge on any atom is 0.341 e. The number of carbonyl (C=O) groups is 2. The number of nitrogens with zero attached hydrogens (tertiary/aromatic N) is 1. The van der Waals surface area contributed by atoms with Crippen LogP contribution in [0.3, 0.4) is 0 Å². The zero-order chi connectivity index (χ0) is 21.2. The standard InChI is InChI=1S/C20H18F2N2O4S/c1-13(25)24-11-10-14-4-2-3-5-17(14)18(24)12-19(26)23-15-6-8-16(9-7-15)29(27,28)20(21)22/h2-11,18,20H,12H2,1H3,(H,23,26)/t18-/m1/s1. The van der Waals surface area contributed by atoms with E-state index in [1.54, 1.807) is 12.3 Å². The quantitative estimate of drug-likeness (QED) is 0.801. The van der Waals surface area contributed by atoms with Gasteiger partial charge in [0, 0.05) is 18.8 Å². The van der Waals surface area contributed by atoms with Crippen molar-refractivity contribution in [2.45, 2.75) is 30.0 Å². The van der Waals surface area contributed by atoms with Crippen LogP contribution >= 0.6 is 0 Å². The van der Waals surface area contributed by atoms with Gasteiger partial charge in [-0.3, -0.25) is 9.59 Å². The van der Waals surface area contributed by atoms with Crippen LogP contribution in [0.4, 0.5) is 14.5 Å². The molecule has 0 unspecified atom stereocenters. The number of fused-ring (bicyclic) bond motifs is 1. The zero-order valence-electron chi connectivity index (χ0n) is 15.4. The number of amides is 2. The number of benzene rings is 2. The summed E-state index contributed by atoms with van der Waals surface area (Å²) in [6.45, 7) is 1.41. The molecule has 152 valence electrons. The number of carbonyl (C=O) groups excluding carboxylic acids is 2. The fourth-order valence-electron chi connectivity index (χ4n) is 3.13. The monoisotopic (exact) mass is 420 g/mol. The average molecular weight is 420 g/mol. The van der Waals surface area contributed by atoms with Gasteiger partial charge < -0.3 is 10.2 Å². The molecule has 1 aliphatic rings.